The van der Waals surface area contributed by atoms with Crippen molar-refractivity contribution in [2.45, 2.75) is 13.5 Å². The van der Waals surface area contributed by atoms with E-state index < -0.39 is 0 Å². The molecule has 0 bridgehead atoms. The number of methoxy groups -OCH3 is 1. The van der Waals surface area contributed by atoms with E-state index in [1.165, 1.54) is 11.3 Å². The molecule has 22 heavy (non-hydrogen) atoms. The van der Waals surface area contributed by atoms with E-state index in [0.29, 0.717) is 10.4 Å². The van der Waals surface area contributed by atoms with Crippen molar-refractivity contribution in [3.05, 3.63) is 58.9 Å². The van der Waals surface area contributed by atoms with E-state index >= 15 is 0 Å². The number of amides is 1. The smallest absolute Gasteiger partial charge is 0.279 e. The first-order valence-electron chi connectivity index (χ1n) is 7.05. The van der Waals surface area contributed by atoms with E-state index in [4.69, 9.17) is 4.74 Å². The number of rotatable bonds is 3. The first-order chi connectivity index (χ1) is 10.7. The molecule has 3 aromatic rings. The van der Waals surface area contributed by atoms with Gasteiger partial charge in [-0.3, -0.25) is 4.79 Å². The maximum absolute atomic E-state index is 12.3. The number of aryl methyl sites for hydroxylation is 1. The van der Waals surface area contributed by atoms with E-state index in [1.54, 1.807) is 19.2 Å². The lowest BCUT2D eigenvalue weighted by Gasteiger charge is -2.05. The molecule has 3 rings (SSSR count). The van der Waals surface area contributed by atoms with Crippen LogP contribution < -0.4 is 9.54 Å². The average Bonchev–Trinajstić information content (AvgIpc) is 2.92. The highest BCUT2D eigenvalue weighted by atomic mass is 32.1. The number of fused-ring (bicyclic) bond motifs is 1. The molecule has 1 heterocycles. The molecule has 0 saturated heterocycles. The van der Waals surface area contributed by atoms with Gasteiger partial charge >= 0.3 is 0 Å². The van der Waals surface area contributed by atoms with Crippen LogP contribution in [0.25, 0.3) is 10.2 Å². The van der Waals surface area contributed by atoms with Gasteiger partial charge in [0.2, 0.25) is 0 Å². The fourth-order valence-electron chi connectivity index (χ4n) is 2.37. The second-order valence-electron chi connectivity index (χ2n) is 4.72. The molecule has 0 saturated carbocycles. The molecule has 0 aliphatic rings. The van der Waals surface area contributed by atoms with Crippen molar-refractivity contribution in [3.8, 4) is 5.75 Å². The molecule has 2 aromatic carbocycles. The highest BCUT2D eigenvalue weighted by Crippen LogP contribution is 2.27. The first kappa shape index (κ1) is 14.5. The molecule has 0 spiro atoms. The summed E-state index contributed by atoms with van der Waals surface area (Å²) in [4.78, 5) is 17.3. The summed E-state index contributed by atoms with van der Waals surface area (Å²) in [5.41, 5.74) is 1.58. The molecule has 0 radical (unpaired) electrons. The van der Waals surface area contributed by atoms with Crippen LogP contribution in [0.2, 0.25) is 0 Å². The molecule has 0 unspecified atom stereocenters. The van der Waals surface area contributed by atoms with Gasteiger partial charge in [0.1, 0.15) is 11.3 Å². The number of ether oxygens (including phenoxy) is 1. The van der Waals surface area contributed by atoms with Crippen LogP contribution in [-0.2, 0) is 6.54 Å². The van der Waals surface area contributed by atoms with Crippen molar-refractivity contribution < 1.29 is 9.53 Å². The van der Waals surface area contributed by atoms with Gasteiger partial charge < -0.3 is 9.30 Å². The highest BCUT2D eigenvalue weighted by molar-refractivity contribution is 7.16. The van der Waals surface area contributed by atoms with Crippen molar-refractivity contribution in [1.82, 2.24) is 4.57 Å². The number of aromatic nitrogens is 1. The van der Waals surface area contributed by atoms with Crippen molar-refractivity contribution in [1.29, 1.82) is 0 Å². The predicted molar refractivity (Wildman–Crippen MR) is 88.4 cm³/mol. The van der Waals surface area contributed by atoms with Crippen LogP contribution >= 0.6 is 11.3 Å². The predicted octanol–water partition coefficient (Wildman–Crippen LogP) is 3.47. The number of hydrogen-bond donors (Lipinski definition) is 0. The largest absolute Gasteiger partial charge is 0.495 e. The van der Waals surface area contributed by atoms with Gasteiger partial charge in [0.25, 0.3) is 5.91 Å². The van der Waals surface area contributed by atoms with Crippen LogP contribution in [0, 0.1) is 0 Å². The highest BCUT2D eigenvalue weighted by Gasteiger charge is 2.11. The standard InChI is InChI=1S/C17H16N2O2S/c1-3-19-15-13(21-2)10-7-11-14(15)22-17(19)18-16(20)12-8-5-4-6-9-12/h4-11H,3H2,1-2H3. The molecule has 4 nitrogen and oxygen atoms in total. The van der Waals surface area contributed by atoms with Crippen LogP contribution in [0.5, 0.6) is 5.75 Å². The lowest BCUT2D eigenvalue weighted by molar-refractivity contribution is 0.0998. The minimum absolute atomic E-state index is 0.228. The third-order valence-corrected chi connectivity index (χ3v) is 4.46. The van der Waals surface area contributed by atoms with E-state index in [1.807, 2.05) is 47.9 Å². The zero-order valence-electron chi connectivity index (χ0n) is 12.4. The molecule has 0 atom stereocenters. The summed E-state index contributed by atoms with van der Waals surface area (Å²) in [6.07, 6.45) is 0. The van der Waals surface area contributed by atoms with Crippen LogP contribution in [0.3, 0.4) is 0 Å². The second-order valence-corrected chi connectivity index (χ2v) is 5.73. The molecule has 0 aliphatic heterocycles. The van der Waals surface area contributed by atoms with Crippen molar-refractivity contribution in [2.75, 3.05) is 7.11 Å². The van der Waals surface area contributed by atoms with Crippen molar-refractivity contribution >= 4 is 27.5 Å². The number of benzene rings is 2. The Morgan fingerprint density at radius 1 is 1.18 bits per heavy atom. The number of nitrogens with zero attached hydrogens (tertiary/aromatic N) is 2. The van der Waals surface area contributed by atoms with Gasteiger partial charge in [0.15, 0.2) is 4.80 Å². The van der Waals surface area contributed by atoms with Crippen LogP contribution in [-0.4, -0.2) is 17.6 Å². The SMILES string of the molecule is CCn1c(=NC(=O)c2ccccc2)sc2cccc(OC)c21. The number of carbonyl (C=O) groups is 1. The topological polar surface area (TPSA) is 43.6 Å². The van der Waals surface area contributed by atoms with Gasteiger partial charge in [-0.25, -0.2) is 0 Å². The number of thiazole rings is 1. The zero-order valence-corrected chi connectivity index (χ0v) is 13.3. The van der Waals surface area contributed by atoms with Crippen LogP contribution in [0.15, 0.2) is 53.5 Å². The molecular formula is C17H16N2O2S. The molecule has 0 fully saturated rings. The lowest BCUT2D eigenvalue weighted by atomic mass is 10.2. The number of hydrogen-bond acceptors (Lipinski definition) is 3. The number of carbonyl (C=O) groups excluding carboxylic acids is 1. The molecule has 0 aliphatic carbocycles. The fourth-order valence-corrected chi connectivity index (χ4v) is 3.48. The summed E-state index contributed by atoms with van der Waals surface area (Å²) in [6, 6.07) is 15.0. The third-order valence-electron chi connectivity index (χ3n) is 3.42. The lowest BCUT2D eigenvalue weighted by Crippen LogP contribution is -2.16. The minimum atomic E-state index is -0.228. The average molecular weight is 312 g/mol. The van der Waals surface area contributed by atoms with E-state index in [2.05, 4.69) is 4.99 Å². The molecule has 5 heteroatoms. The molecule has 1 amide bonds. The minimum Gasteiger partial charge on any atom is -0.495 e. The zero-order chi connectivity index (χ0) is 15.5. The summed E-state index contributed by atoms with van der Waals surface area (Å²) < 4.78 is 8.50. The summed E-state index contributed by atoms with van der Waals surface area (Å²) in [5.74, 6) is 0.567. The van der Waals surface area contributed by atoms with Gasteiger partial charge in [-0.2, -0.15) is 4.99 Å². The maximum Gasteiger partial charge on any atom is 0.279 e. The third kappa shape index (κ3) is 2.55. The monoisotopic (exact) mass is 312 g/mol. The van der Waals surface area contributed by atoms with E-state index in [-0.39, 0.29) is 5.91 Å². The van der Waals surface area contributed by atoms with Gasteiger partial charge in [-0.1, -0.05) is 35.6 Å². The Kier molecular flexibility index (Phi) is 4.06. The molecule has 112 valence electrons. The molecular weight excluding hydrogens is 296 g/mol. The summed E-state index contributed by atoms with van der Waals surface area (Å²) in [5, 5.41) is 0. The van der Waals surface area contributed by atoms with E-state index in [0.717, 1.165) is 22.5 Å². The van der Waals surface area contributed by atoms with Gasteiger partial charge in [-0.15, -0.1) is 0 Å². The molecule has 0 N–H and O–H groups in total. The Bertz CT molecular complexity index is 879. The van der Waals surface area contributed by atoms with Crippen LogP contribution in [0.4, 0.5) is 0 Å². The quantitative estimate of drug-likeness (QED) is 0.743. The Morgan fingerprint density at radius 2 is 1.95 bits per heavy atom. The normalized spacial score (nSPS) is 11.8. The Balaban J connectivity index is 2.19. The van der Waals surface area contributed by atoms with Crippen molar-refractivity contribution in [3.63, 3.8) is 0 Å². The molecule has 1 aromatic heterocycles. The fraction of sp³-hybridized carbons (Fsp3) is 0.176. The second kappa shape index (κ2) is 6.15. The first-order valence-corrected chi connectivity index (χ1v) is 7.86. The van der Waals surface area contributed by atoms with Gasteiger partial charge in [0.05, 0.1) is 11.8 Å². The number of para-hydroxylation sites is 1. The Labute approximate surface area is 132 Å². The summed E-state index contributed by atoms with van der Waals surface area (Å²) >= 11 is 1.50. The van der Waals surface area contributed by atoms with Gasteiger partial charge in [-0.05, 0) is 31.2 Å². The maximum atomic E-state index is 12.3. The summed E-state index contributed by atoms with van der Waals surface area (Å²) in [7, 11) is 1.65. The van der Waals surface area contributed by atoms with Crippen LogP contribution in [0.1, 0.15) is 17.3 Å². The van der Waals surface area contributed by atoms with Crippen molar-refractivity contribution in [2.24, 2.45) is 4.99 Å². The summed E-state index contributed by atoms with van der Waals surface area (Å²) in [6.45, 7) is 2.76. The van der Waals surface area contributed by atoms with E-state index in [9.17, 15) is 4.79 Å². The van der Waals surface area contributed by atoms with Gasteiger partial charge in [0, 0.05) is 12.1 Å². The Morgan fingerprint density at radius 3 is 2.64 bits per heavy atom. The Hall–Kier alpha value is -2.40.